The summed E-state index contributed by atoms with van der Waals surface area (Å²) in [6.07, 6.45) is 2.50. The van der Waals surface area contributed by atoms with E-state index in [9.17, 15) is 19.7 Å². The third-order valence-corrected chi connectivity index (χ3v) is 1.81. The molecule has 16 heavy (non-hydrogen) atoms. The van der Waals surface area contributed by atoms with Crippen LogP contribution in [0.1, 0.15) is 15.9 Å². The Kier molecular flexibility index (Phi) is 3.49. The zero-order chi connectivity index (χ0) is 12.1. The molecule has 1 aromatic carbocycles. The summed E-state index contributed by atoms with van der Waals surface area (Å²) in [5.41, 5.74) is 0.185. The first kappa shape index (κ1) is 11.6. The molecule has 0 unspecified atom stereocenters. The van der Waals surface area contributed by atoms with Crippen LogP contribution in [0.3, 0.4) is 0 Å². The number of carbonyl (C=O) groups is 2. The molecule has 1 rings (SSSR count). The topological polar surface area (TPSA) is 97.5 Å². The van der Waals surface area contributed by atoms with E-state index in [0.29, 0.717) is 11.8 Å². The molecular formula is C10H7NO5. The maximum atomic E-state index is 10.6. The fourth-order valence-electron chi connectivity index (χ4n) is 1.09. The summed E-state index contributed by atoms with van der Waals surface area (Å²) < 4.78 is 0. The zero-order valence-corrected chi connectivity index (χ0v) is 7.99. The lowest BCUT2D eigenvalue weighted by atomic mass is 10.1. The van der Waals surface area contributed by atoms with Crippen LogP contribution in [-0.2, 0) is 4.79 Å². The number of carboxylic acid groups (broad SMARTS) is 1. The van der Waals surface area contributed by atoms with Crippen LogP contribution in [-0.4, -0.2) is 22.3 Å². The van der Waals surface area contributed by atoms with Crippen molar-refractivity contribution in [1.82, 2.24) is 0 Å². The molecule has 82 valence electrons. The van der Waals surface area contributed by atoms with Gasteiger partial charge in [-0.05, 0) is 17.7 Å². The maximum absolute atomic E-state index is 10.6. The van der Waals surface area contributed by atoms with Gasteiger partial charge >= 0.3 is 5.97 Å². The number of nitrogens with zero attached hydrogens (tertiary/aromatic N) is 1. The molecular weight excluding hydrogens is 214 g/mol. The molecule has 6 heteroatoms. The number of aliphatic carboxylic acids is 1. The Labute approximate surface area is 90.0 Å². The predicted octanol–water partition coefficient (Wildman–Crippen LogP) is 1.51. The van der Waals surface area contributed by atoms with Gasteiger partial charge in [0.15, 0.2) is 6.29 Å². The number of carbonyl (C=O) groups excluding carboxylic acids is 1. The Hall–Kier alpha value is -2.50. The highest BCUT2D eigenvalue weighted by Gasteiger charge is 2.08. The SMILES string of the molecule is O=Cc1cc([N+](=O)[O-])ccc1C=CC(=O)O. The lowest BCUT2D eigenvalue weighted by Crippen LogP contribution is -1.93. The molecule has 0 heterocycles. The van der Waals surface area contributed by atoms with Crippen molar-refractivity contribution in [3.8, 4) is 0 Å². The number of hydrogen-bond donors (Lipinski definition) is 1. The van der Waals surface area contributed by atoms with Crippen molar-refractivity contribution >= 4 is 24.0 Å². The molecule has 0 saturated heterocycles. The second-order valence-corrected chi connectivity index (χ2v) is 2.86. The van der Waals surface area contributed by atoms with Crippen LogP contribution in [0.4, 0.5) is 5.69 Å². The minimum atomic E-state index is -1.16. The molecule has 0 fully saturated rings. The zero-order valence-electron chi connectivity index (χ0n) is 7.99. The van der Waals surface area contributed by atoms with Crippen LogP contribution in [0, 0.1) is 10.1 Å². The van der Waals surface area contributed by atoms with Crippen molar-refractivity contribution in [1.29, 1.82) is 0 Å². The quantitative estimate of drug-likeness (QED) is 0.359. The fourth-order valence-corrected chi connectivity index (χ4v) is 1.09. The Bertz CT molecular complexity index is 478. The van der Waals surface area contributed by atoms with E-state index in [0.717, 1.165) is 12.1 Å². The summed E-state index contributed by atoms with van der Waals surface area (Å²) in [5, 5.41) is 18.8. The molecule has 0 aliphatic heterocycles. The van der Waals surface area contributed by atoms with Gasteiger partial charge in [0.1, 0.15) is 0 Å². The summed E-state index contributed by atoms with van der Waals surface area (Å²) in [6.45, 7) is 0. The van der Waals surface area contributed by atoms with Gasteiger partial charge in [0.05, 0.1) is 4.92 Å². The van der Waals surface area contributed by atoms with Crippen LogP contribution in [0.2, 0.25) is 0 Å². The number of hydrogen-bond acceptors (Lipinski definition) is 4. The van der Waals surface area contributed by atoms with Crippen LogP contribution in [0.25, 0.3) is 6.08 Å². The lowest BCUT2D eigenvalue weighted by molar-refractivity contribution is -0.384. The molecule has 0 spiro atoms. The summed E-state index contributed by atoms with van der Waals surface area (Å²) >= 11 is 0. The number of nitro benzene ring substituents is 1. The second kappa shape index (κ2) is 4.83. The minimum absolute atomic E-state index is 0.0756. The van der Waals surface area contributed by atoms with Gasteiger partial charge in [-0.1, -0.05) is 0 Å². The molecule has 6 nitrogen and oxygen atoms in total. The monoisotopic (exact) mass is 221 g/mol. The molecule has 0 aliphatic rings. The largest absolute Gasteiger partial charge is 0.478 e. The average molecular weight is 221 g/mol. The van der Waals surface area contributed by atoms with Crippen molar-refractivity contribution in [2.24, 2.45) is 0 Å². The number of non-ortho nitro benzene ring substituents is 1. The third kappa shape index (κ3) is 2.74. The van der Waals surface area contributed by atoms with Crippen molar-refractivity contribution < 1.29 is 19.6 Å². The smallest absolute Gasteiger partial charge is 0.328 e. The lowest BCUT2D eigenvalue weighted by Gasteiger charge is -1.98. The first-order valence-electron chi connectivity index (χ1n) is 4.19. The molecule has 0 amide bonds. The first-order valence-corrected chi connectivity index (χ1v) is 4.19. The van der Waals surface area contributed by atoms with Gasteiger partial charge in [-0.25, -0.2) is 4.79 Å². The van der Waals surface area contributed by atoms with E-state index in [2.05, 4.69) is 0 Å². The predicted molar refractivity (Wildman–Crippen MR) is 55.2 cm³/mol. The first-order chi connectivity index (χ1) is 7.54. The molecule has 1 N–H and O–H groups in total. The normalized spacial score (nSPS) is 10.2. The highest BCUT2D eigenvalue weighted by Crippen LogP contribution is 2.17. The van der Waals surface area contributed by atoms with Gasteiger partial charge in [0.25, 0.3) is 5.69 Å². The Morgan fingerprint density at radius 2 is 2.06 bits per heavy atom. The summed E-state index contributed by atoms with van der Waals surface area (Å²) in [7, 11) is 0. The number of nitro groups is 1. The minimum Gasteiger partial charge on any atom is -0.478 e. The highest BCUT2D eigenvalue weighted by molar-refractivity contribution is 5.89. The Balaban J connectivity index is 3.16. The number of benzene rings is 1. The standard InChI is InChI=1S/C10H7NO5/c12-6-8-5-9(11(15)16)3-1-7(8)2-4-10(13)14/h1-6H,(H,13,14). The van der Waals surface area contributed by atoms with Gasteiger partial charge in [-0.2, -0.15) is 0 Å². The van der Waals surface area contributed by atoms with E-state index in [-0.39, 0.29) is 11.3 Å². The van der Waals surface area contributed by atoms with Crippen LogP contribution in [0.15, 0.2) is 24.3 Å². The van der Waals surface area contributed by atoms with Gasteiger partial charge in [0, 0.05) is 23.8 Å². The van der Waals surface area contributed by atoms with Gasteiger partial charge < -0.3 is 5.11 Å². The van der Waals surface area contributed by atoms with Gasteiger partial charge in [0.2, 0.25) is 0 Å². The molecule has 1 aromatic rings. The molecule has 0 atom stereocenters. The van der Waals surface area contributed by atoms with E-state index in [4.69, 9.17) is 5.11 Å². The van der Waals surface area contributed by atoms with Crippen LogP contribution < -0.4 is 0 Å². The van der Waals surface area contributed by atoms with E-state index in [1.807, 2.05) is 0 Å². The number of aldehydes is 1. The fraction of sp³-hybridized carbons (Fsp3) is 0. The molecule has 0 aliphatic carbocycles. The third-order valence-electron chi connectivity index (χ3n) is 1.81. The Morgan fingerprint density at radius 3 is 2.56 bits per heavy atom. The number of carboxylic acids is 1. The maximum Gasteiger partial charge on any atom is 0.328 e. The number of rotatable bonds is 4. The molecule has 0 bridgehead atoms. The van der Waals surface area contributed by atoms with Gasteiger partial charge in [-0.3, -0.25) is 14.9 Å². The Morgan fingerprint density at radius 1 is 1.38 bits per heavy atom. The van der Waals surface area contributed by atoms with Crippen LogP contribution in [0.5, 0.6) is 0 Å². The van der Waals surface area contributed by atoms with Crippen LogP contribution >= 0.6 is 0 Å². The summed E-state index contributed by atoms with van der Waals surface area (Å²) in [5.74, 6) is -1.16. The van der Waals surface area contributed by atoms with E-state index < -0.39 is 10.9 Å². The molecule has 0 saturated carbocycles. The average Bonchev–Trinajstić information content (AvgIpc) is 2.25. The molecule has 0 aromatic heterocycles. The van der Waals surface area contributed by atoms with E-state index in [1.54, 1.807) is 0 Å². The van der Waals surface area contributed by atoms with Crippen molar-refractivity contribution in [3.63, 3.8) is 0 Å². The second-order valence-electron chi connectivity index (χ2n) is 2.86. The van der Waals surface area contributed by atoms with Crippen molar-refractivity contribution in [2.45, 2.75) is 0 Å². The van der Waals surface area contributed by atoms with Crippen molar-refractivity contribution in [3.05, 3.63) is 45.5 Å². The molecule has 0 radical (unpaired) electrons. The summed E-state index contributed by atoms with van der Waals surface area (Å²) in [4.78, 5) is 30.7. The van der Waals surface area contributed by atoms with E-state index in [1.165, 1.54) is 18.2 Å². The summed E-state index contributed by atoms with van der Waals surface area (Å²) in [6, 6.07) is 3.62. The van der Waals surface area contributed by atoms with E-state index >= 15 is 0 Å². The van der Waals surface area contributed by atoms with Gasteiger partial charge in [-0.15, -0.1) is 0 Å². The van der Waals surface area contributed by atoms with Crippen molar-refractivity contribution in [2.75, 3.05) is 0 Å². The highest BCUT2D eigenvalue weighted by atomic mass is 16.6.